The number of nitrogens with zero attached hydrogens (tertiary/aromatic N) is 1. The highest BCUT2D eigenvalue weighted by Crippen LogP contribution is 1.96. The van der Waals surface area contributed by atoms with Crippen LogP contribution in [0.4, 0.5) is 0 Å². The first-order valence-corrected chi connectivity index (χ1v) is 4.92. The van der Waals surface area contributed by atoms with Gasteiger partial charge in [0.25, 0.3) is 0 Å². The monoisotopic (exact) mass is 188 g/mol. The van der Waals surface area contributed by atoms with E-state index in [9.17, 15) is 4.79 Å². The van der Waals surface area contributed by atoms with E-state index in [2.05, 4.69) is 21.1 Å². The van der Waals surface area contributed by atoms with E-state index in [0.29, 0.717) is 13.0 Å². The van der Waals surface area contributed by atoms with E-state index in [4.69, 9.17) is 4.74 Å². The number of esters is 1. The summed E-state index contributed by atoms with van der Waals surface area (Å²) < 4.78 is 5.95. The molecule has 0 aliphatic rings. The number of ether oxygens (including phenoxy) is 1. The third-order valence-electron chi connectivity index (χ3n) is 1.69. The van der Waals surface area contributed by atoms with Crippen LogP contribution < -0.4 is 0 Å². The van der Waals surface area contributed by atoms with Gasteiger partial charge in [-0.05, 0) is 6.42 Å². The molecule has 0 aromatic rings. The third kappa shape index (κ3) is 9.34. The summed E-state index contributed by atoms with van der Waals surface area (Å²) in [6.45, 7) is 3.58. The number of rotatable bonds is 6. The maximum atomic E-state index is 10.9. The van der Waals surface area contributed by atoms with Crippen molar-refractivity contribution in [2.75, 3.05) is 34.3 Å². The summed E-state index contributed by atoms with van der Waals surface area (Å²) in [6, 6.07) is 0. The fourth-order valence-corrected chi connectivity index (χ4v) is 1.00. The van der Waals surface area contributed by atoms with Crippen LogP contribution in [0.3, 0.4) is 0 Å². The molecular weight excluding hydrogens is 166 g/mol. The number of carbonyl (C=O) groups is 1. The summed E-state index contributed by atoms with van der Waals surface area (Å²) in [6.07, 6.45) is 2.36. The van der Waals surface area contributed by atoms with Gasteiger partial charge in [0, 0.05) is 12.8 Å². The Kier molecular flexibility index (Phi) is 5.71. The highest BCUT2D eigenvalue weighted by Gasteiger charge is 2.07. The first-order chi connectivity index (χ1) is 5.95. The van der Waals surface area contributed by atoms with Crippen LogP contribution in [0.1, 0.15) is 26.2 Å². The van der Waals surface area contributed by atoms with E-state index >= 15 is 0 Å². The number of hydrogen-bond acceptors (Lipinski definition) is 2. The SMILES string of the molecule is CCCC(=O)OCCC[N+](C)(C)C. The zero-order valence-electron chi connectivity index (χ0n) is 9.30. The Morgan fingerprint density at radius 1 is 1.31 bits per heavy atom. The summed E-state index contributed by atoms with van der Waals surface area (Å²) in [7, 11) is 6.40. The molecule has 0 N–H and O–H groups in total. The van der Waals surface area contributed by atoms with E-state index in [1.54, 1.807) is 0 Å². The second-order valence-corrected chi connectivity index (χ2v) is 4.34. The smallest absolute Gasteiger partial charge is 0.305 e. The first kappa shape index (κ1) is 12.4. The lowest BCUT2D eigenvalue weighted by Gasteiger charge is -2.23. The highest BCUT2D eigenvalue weighted by atomic mass is 16.5. The molecule has 3 heteroatoms. The molecule has 0 aromatic carbocycles. The van der Waals surface area contributed by atoms with Gasteiger partial charge >= 0.3 is 5.97 Å². The average molecular weight is 188 g/mol. The van der Waals surface area contributed by atoms with Crippen molar-refractivity contribution >= 4 is 5.97 Å². The lowest BCUT2D eigenvalue weighted by atomic mass is 10.3. The summed E-state index contributed by atoms with van der Waals surface area (Å²) in [5.41, 5.74) is 0. The summed E-state index contributed by atoms with van der Waals surface area (Å²) in [4.78, 5) is 10.9. The average Bonchev–Trinajstić information content (AvgIpc) is 1.97. The molecule has 0 unspecified atom stereocenters. The summed E-state index contributed by atoms with van der Waals surface area (Å²) in [5.74, 6) is -0.0658. The van der Waals surface area contributed by atoms with Gasteiger partial charge in [-0.1, -0.05) is 6.92 Å². The molecule has 0 heterocycles. The van der Waals surface area contributed by atoms with E-state index in [1.165, 1.54) is 0 Å². The lowest BCUT2D eigenvalue weighted by Crippen LogP contribution is -2.35. The van der Waals surface area contributed by atoms with Gasteiger partial charge in [-0.25, -0.2) is 0 Å². The molecular formula is C10H22NO2+. The standard InChI is InChI=1S/C10H22NO2/c1-5-7-10(12)13-9-6-8-11(2,3)4/h5-9H2,1-4H3/q+1. The van der Waals surface area contributed by atoms with Crippen molar-refractivity contribution in [1.82, 2.24) is 0 Å². The second kappa shape index (κ2) is 5.97. The van der Waals surface area contributed by atoms with Crippen LogP contribution in [0.15, 0.2) is 0 Å². The second-order valence-electron chi connectivity index (χ2n) is 4.34. The maximum absolute atomic E-state index is 10.9. The van der Waals surface area contributed by atoms with Crippen molar-refractivity contribution in [3.8, 4) is 0 Å². The quantitative estimate of drug-likeness (QED) is 0.358. The van der Waals surface area contributed by atoms with Crippen LogP contribution in [0, 0.1) is 0 Å². The lowest BCUT2D eigenvalue weighted by molar-refractivity contribution is -0.870. The van der Waals surface area contributed by atoms with Crippen LogP contribution in [0.5, 0.6) is 0 Å². The molecule has 78 valence electrons. The Labute approximate surface area is 81.3 Å². The Hall–Kier alpha value is -0.570. The molecule has 0 rings (SSSR count). The molecule has 13 heavy (non-hydrogen) atoms. The molecule has 0 amide bonds. The molecule has 3 nitrogen and oxygen atoms in total. The molecule has 0 aliphatic carbocycles. The first-order valence-electron chi connectivity index (χ1n) is 4.92. The number of hydrogen-bond donors (Lipinski definition) is 0. The molecule has 0 saturated heterocycles. The van der Waals surface area contributed by atoms with Crippen LogP contribution in [0.2, 0.25) is 0 Å². The third-order valence-corrected chi connectivity index (χ3v) is 1.69. The molecule has 0 saturated carbocycles. The molecule has 0 fully saturated rings. The van der Waals surface area contributed by atoms with Gasteiger partial charge in [0.2, 0.25) is 0 Å². The minimum atomic E-state index is -0.0658. The Balaban J connectivity index is 3.31. The Morgan fingerprint density at radius 2 is 1.92 bits per heavy atom. The van der Waals surface area contributed by atoms with Gasteiger partial charge in [-0.15, -0.1) is 0 Å². The summed E-state index contributed by atoms with van der Waals surface area (Å²) in [5, 5.41) is 0. The zero-order valence-corrected chi connectivity index (χ0v) is 9.30. The number of quaternary nitrogens is 1. The summed E-state index contributed by atoms with van der Waals surface area (Å²) >= 11 is 0. The minimum absolute atomic E-state index is 0.0658. The zero-order chi connectivity index (χ0) is 10.3. The maximum Gasteiger partial charge on any atom is 0.305 e. The van der Waals surface area contributed by atoms with Crippen molar-refractivity contribution in [3.05, 3.63) is 0 Å². The van der Waals surface area contributed by atoms with E-state index in [0.717, 1.165) is 23.9 Å². The Bertz CT molecular complexity index is 149. The van der Waals surface area contributed by atoms with E-state index in [1.807, 2.05) is 6.92 Å². The van der Waals surface area contributed by atoms with Crippen molar-refractivity contribution in [1.29, 1.82) is 0 Å². The molecule has 0 atom stereocenters. The van der Waals surface area contributed by atoms with Gasteiger partial charge in [-0.3, -0.25) is 4.79 Å². The minimum Gasteiger partial charge on any atom is -0.465 e. The fourth-order valence-electron chi connectivity index (χ4n) is 1.00. The fraction of sp³-hybridized carbons (Fsp3) is 0.900. The van der Waals surface area contributed by atoms with Crippen molar-refractivity contribution in [3.63, 3.8) is 0 Å². The molecule has 0 radical (unpaired) electrons. The molecule has 0 bridgehead atoms. The van der Waals surface area contributed by atoms with Crippen LogP contribution in [-0.2, 0) is 9.53 Å². The Morgan fingerprint density at radius 3 is 2.38 bits per heavy atom. The predicted octanol–water partition coefficient (Wildman–Crippen LogP) is 1.43. The van der Waals surface area contributed by atoms with Gasteiger partial charge in [0.15, 0.2) is 0 Å². The number of carbonyl (C=O) groups excluding carboxylic acids is 1. The van der Waals surface area contributed by atoms with Gasteiger partial charge in [-0.2, -0.15) is 0 Å². The van der Waals surface area contributed by atoms with Crippen LogP contribution in [0.25, 0.3) is 0 Å². The van der Waals surface area contributed by atoms with Crippen LogP contribution >= 0.6 is 0 Å². The molecule has 0 aromatic heterocycles. The highest BCUT2D eigenvalue weighted by molar-refractivity contribution is 5.69. The topological polar surface area (TPSA) is 26.3 Å². The van der Waals surface area contributed by atoms with Gasteiger partial charge in [0.05, 0.1) is 34.3 Å². The van der Waals surface area contributed by atoms with E-state index < -0.39 is 0 Å². The normalized spacial score (nSPS) is 11.4. The largest absolute Gasteiger partial charge is 0.465 e. The van der Waals surface area contributed by atoms with Gasteiger partial charge in [0.1, 0.15) is 0 Å². The predicted molar refractivity (Wildman–Crippen MR) is 53.4 cm³/mol. The van der Waals surface area contributed by atoms with Crippen molar-refractivity contribution < 1.29 is 14.0 Å². The van der Waals surface area contributed by atoms with Crippen molar-refractivity contribution in [2.24, 2.45) is 0 Å². The van der Waals surface area contributed by atoms with Crippen LogP contribution in [-0.4, -0.2) is 44.7 Å². The molecule has 0 spiro atoms. The van der Waals surface area contributed by atoms with Gasteiger partial charge < -0.3 is 9.22 Å². The molecule has 0 aliphatic heterocycles. The van der Waals surface area contributed by atoms with E-state index in [-0.39, 0.29) is 5.97 Å². The van der Waals surface area contributed by atoms with Crippen molar-refractivity contribution in [2.45, 2.75) is 26.2 Å².